The zero-order valence-corrected chi connectivity index (χ0v) is 11.8. The molecule has 6 heteroatoms. The molecule has 2 rings (SSSR count). The van der Waals surface area contributed by atoms with Gasteiger partial charge in [0.05, 0.1) is 24.4 Å². The maximum atomic E-state index is 13.6. The summed E-state index contributed by atoms with van der Waals surface area (Å²) in [5.74, 6) is 0.0193. The van der Waals surface area contributed by atoms with Crippen molar-refractivity contribution in [1.29, 1.82) is 0 Å². The monoisotopic (exact) mass is 297 g/mol. The molecule has 0 atom stereocenters. The lowest BCUT2D eigenvalue weighted by Gasteiger charge is -2.07. The highest BCUT2D eigenvalue weighted by Gasteiger charge is 2.15. The van der Waals surface area contributed by atoms with E-state index in [1.54, 1.807) is 19.1 Å². The molecule has 0 aliphatic carbocycles. The van der Waals surface area contributed by atoms with Crippen molar-refractivity contribution in [2.75, 3.05) is 12.4 Å². The van der Waals surface area contributed by atoms with Gasteiger partial charge in [-0.2, -0.15) is 0 Å². The Labute approximate surface area is 120 Å². The minimum absolute atomic E-state index is 0.197. The molecule has 0 unspecified atom stereocenters. The van der Waals surface area contributed by atoms with Crippen LogP contribution in [0.3, 0.4) is 0 Å². The van der Waals surface area contributed by atoms with Gasteiger partial charge in [-0.3, -0.25) is 0 Å². The Bertz CT molecular complexity index is 619. The van der Waals surface area contributed by atoms with Gasteiger partial charge in [-0.05, 0) is 25.1 Å². The zero-order valence-electron chi connectivity index (χ0n) is 11.0. The van der Waals surface area contributed by atoms with E-state index >= 15 is 0 Å². The molecule has 0 saturated heterocycles. The Hall–Kier alpha value is -2.01. The number of hydrogen-bond acceptors (Lipinski definition) is 4. The van der Waals surface area contributed by atoms with Gasteiger partial charge in [0.15, 0.2) is 0 Å². The minimum Gasteiger partial charge on any atom is -0.465 e. The Kier molecular flexibility index (Phi) is 4.29. The number of methoxy groups -OCH3 is 1. The molecule has 2 aromatic rings. The van der Waals surface area contributed by atoms with Crippen molar-refractivity contribution in [3.05, 3.63) is 52.2 Å². The zero-order chi connectivity index (χ0) is 14.7. The van der Waals surface area contributed by atoms with E-state index in [1.807, 2.05) is 0 Å². The van der Waals surface area contributed by atoms with Gasteiger partial charge in [-0.25, -0.2) is 9.18 Å². The molecule has 0 aliphatic heterocycles. The number of esters is 1. The number of hydrogen-bond donors (Lipinski definition) is 1. The summed E-state index contributed by atoms with van der Waals surface area (Å²) in [5.41, 5.74) is 0.548. The number of rotatable bonds is 4. The van der Waals surface area contributed by atoms with Gasteiger partial charge >= 0.3 is 5.97 Å². The Morgan fingerprint density at radius 3 is 2.90 bits per heavy atom. The molecule has 0 bridgehead atoms. The summed E-state index contributed by atoms with van der Waals surface area (Å²) >= 11 is 5.90. The van der Waals surface area contributed by atoms with E-state index < -0.39 is 11.8 Å². The van der Waals surface area contributed by atoms with Crippen LogP contribution >= 0.6 is 11.6 Å². The lowest BCUT2D eigenvalue weighted by molar-refractivity contribution is 0.0599. The predicted molar refractivity (Wildman–Crippen MR) is 73.5 cm³/mol. The van der Waals surface area contributed by atoms with Crippen molar-refractivity contribution in [3.63, 3.8) is 0 Å². The van der Waals surface area contributed by atoms with Crippen LogP contribution in [0.15, 0.2) is 28.7 Å². The third-order valence-corrected chi connectivity index (χ3v) is 3.09. The molecule has 0 aliphatic rings. The Morgan fingerprint density at radius 1 is 1.50 bits per heavy atom. The quantitative estimate of drug-likeness (QED) is 0.873. The van der Waals surface area contributed by atoms with E-state index in [0.717, 1.165) is 0 Å². The summed E-state index contributed by atoms with van der Waals surface area (Å²) in [6, 6.07) is 5.97. The van der Waals surface area contributed by atoms with Crippen molar-refractivity contribution in [2.45, 2.75) is 13.5 Å². The van der Waals surface area contributed by atoms with Gasteiger partial charge in [-0.15, -0.1) is 0 Å². The first-order chi connectivity index (χ1) is 9.52. The normalized spacial score (nSPS) is 10.4. The summed E-state index contributed by atoms with van der Waals surface area (Å²) in [7, 11) is 1.30. The number of ether oxygens (including phenoxy) is 1. The highest BCUT2D eigenvalue weighted by molar-refractivity contribution is 6.33. The van der Waals surface area contributed by atoms with Crippen LogP contribution in [0.5, 0.6) is 0 Å². The number of carbonyl (C=O) groups is 1. The highest BCUT2D eigenvalue weighted by atomic mass is 35.5. The van der Waals surface area contributed by atoms with Crippen LogP contribution in [-0.4, -0.2) is 13.1 Å². The van der Waals surface area contributed by atoms with Crippen LogP contribution in [-0.2, 0) is 11.3 Å². The summed E-state index contributed by atoms with van der Waals surface area (Å²) in [6.45, 7) is 1.87. The average molecular weight is 298 g/mol. The molecule has 0 fully saturated rings. The van der Waals surface area contributed by atoms with Gasteiger partial charge in [0, 0.05) is 0 Å². The number of aryl methyl sites for hydroxylation is 1. The number of anilines is 1. The number of benzene rings is 1. The topological polar surface area (TPSA) is 51.5 Å². The SMILES string of the molecule is COC(=O)c1cc(CNc2c(F)cccc2Cl)oc1C. The van der Waals surface area contributed by atoms with E-state index in [9.17, 15) is 9.18 Å². The number of halogens is 2. The van der Waals surface area contributed by atoms with Crippen molar-refractivity contribution in [1.82, 2.24) is 0 Å². The first kappa shape index (κ1) is 14.4. The van der Waals surface area contributed by atoms with Crippen molar-refractivity contribution >= 4 is 23.3 Å². The van der Waals surface area contributed by atoms with Crippen molar-refractivity contribution in [2.24, 2.45) is 0 Å². The predicted octanol–water partition coefficient (Wildman–Crippen LogP) is 3.78. The second-order valence-corrected chi connectivity index (χ2v) is 4.53. The lowest BCUT2D eigenvalue weighted by atomic mass is 10.2. The average Bonchev–Trinajstić information content (AvgIpc) is 2.78. The highest BCUT2D eigenvalue weighted by Crippen LogP contribution is 2.25. The molecule has 20 heavy (non-hydrogen) atoms. The fourth-order valence-corrected chi connectivity index (χ4v) is 2.02. The second-order valence-electron chi connectivity index (χ2n) is 4.12. The first-order valence-electron chi connectivity index (χ1n) is 5.88. The lowest BCUT2D eigenvalue weighted by Crippen LogP contribution is -2.02. The van der Waals surface area contributed by atoms with Gasteiger partial charge in [0.1, 0.15) is 22.9 Å². The minimum atomic E-state index is -0.471. The van der Waals surface area contributed by atoms with Crippen LogP contribution in [0.4, 0.5) is 10.1 Å². The smallest absolute Gasteiger partial charge is 0.341 e. The van der Waals surface area contributed by atoms with Crippen LogP contribution in [0.25, 0.3) is 0 Å². The Balaban J connectivity index is 2.14. The number of carbonyl (C=O) groups excluding carboxylic acids is 1. The molecule has 1 aromatic carbocycles. The second kappa shape index (κ2) is 5.96. The molecule has 0 spiro atoms. The first-order valence-corrected chi connectivity index (χ1v) is 6.26. The van der Waals surface area contributed by atoms with Crippen LogP contribution < -0.4 is 5.32 Å². The summed E-state index contributed by atoms with van der Waals surface area (Å²) in [4.78, 5) is 11.4. The molecule has 1 aromatic heterocycles. The summed E-state index contributed by atoms with van der Waals surface area (Å²) < 4.78 is 23.6. The largest absolute Gasteiger partial charge is 0.465 e. The van der Waals surface area contributed by atoms with Gasteiger partial charge < -0.3 is 14.5 Å². The van der Waals surface area contributed by atoms with Gasteiger partial charge in [0.25, 0.3) is 0 Å². The van der Waals surface area contributed by atoms with Crippen molar-refractivity contribution < 1.29 is 18.3 Å². The number of furan rings is 1. The van der Waals surface area contributed by atoms with Crippen molar-refractivity contribution in [3.8, 4) is 0 Å². The summed E-state index contributed by atoms with van der Waals surface area (Å²) in [6.07, 6.45) is 0. The molecule has 106 valence electrons. The van der Waals surface area contributed by atoms with E-state index in [4.69, 9.17) is 16.0 Å². The fourth-order valence-electron chi connectivity index (χ4n) is 1.79. The van der Waals surface area contributed by atoms with Crippen LogP contribution in [0.1, 0.15) is 21.9 Å². The van der Waals surface area contributed by atoms with Gasteiger partial charge in [0.2, 0.25) is 0 Å². The van der Waals surface area contributed by atoms with Crippen LogP contribution in [0.2, 0.25) is 5.02 Å². The molecular weight excluding hydrogens is 285 g/mol. The van der Waals surface area contributed by atoms with Crippen LogP contribution in [0, 0.1) is 12.7 Å². The molecule has 0 amide bonds. The van der Waals surface area contributed by atoms with E-state index in [-0.39, 0.29) is 17.3 Å². The molecule has 0 radical (unpaired) electrons. The number of para-hydroxylation sites is 1. The standard InChI is InChI=1S/C14H13ClFNO3/c1-8-10(14(18)19-2)6-9(20-8)7-17-13-11(15)4-3-5-12(13)16/h3-6,17H,7H2,1-2H3. The van der Waals surface area contributed by atoms with Gasteiger partial charge in [-0.1, -0.05) is 17.7 Å². The maximum Gasteiger partial charge on any atom is 0.341 e. The Morgan fingerprint density at radius 2 is 2.25 bits per heavy atom. The molecular formula is C14H13ClFNO3. The maximum absolute atomic E-state index is 13.6. The third kappa shape index (κ3) is 2.93. The van der Waals surface area contributed by atoms with E-state index in [0.29, 0.717) is 17.1 Å². The van der Waals surface area contributed by atoms with E-state index in [1.165, 1.54) is 19.2 Å². The van der Waals surface area contributed by atoms with E-state index in [2.05, 4.69) is 10.1 Å². The number of nitrogens with one attached hydrogen (secondary N) is 1. The molecule has 1 heterocycles. The molecule has 4 nitrogen and oxygen atoms in total. The third-order valence-electron chi connectivity index (χ3n) is 2.78. The molecule has 0 saturated carbocycles. The fraction of sp³-hybridized carbons (Fsp3) is 0.214. The summed E-state index contributed by atoms with van der Waals surface area (Å²) in [5, 5.41) is 3.12. The molecule has 1 N–H and O–H groups in total.